The lowest BCUT2D eigenvalue weighted by molar-refractivity contribution is 0.414. The molecule has 0 fully saturated rings. The van der Waals surface area contributed by atoms with Crippen LogP contribution in [0.15, 0.2) is 47.0 Å². The van der Waals surface area contributed by atoms with E-state index >= 15 is 0 Å². The summed E-state index contributed by atoms with van der Waals surface area (Å²) in [6.07, 6.45) is 0.428. The summed E-state index contributed by atoms with van der Waals surface area (Å²) in [5.74, 6) is 0. The normalized spacial score (nSPS) is 14.0. The molecule has 0 saturated carbocycles. The lowest BCUT2D eigenvalue weighted by Gasteiger charge is -2.17. The number of aromatic nitrogens is 2. The first kappa shape index (κ1) is 16.1. The van der Waals surface area contributed by atoms with Crippen molar-refractivity contribution in [1.29, 1.82) is 0 Å². The highest BCUT2D eigenvalue weighted by Crippen LogP contribution is 2.39. The standard InChI is InChI=1S/C25H24N2OS/c1-14-9-10-17-16-7-6-8-18(23(16)28-24(17)27-14)20-11-19-15(2)21(12-25(3,4)5)29-22(19)13-26-20/h6-11,13H,12H2,1-5H3/i12D2. The number of aryl methyl sites for hydroxylation is 2. The summed E-state index contributed by atoms with van der Waals surface area (Å²) in [6, 6.07) is 12.2. The Morgan fingerprint density at radius 3 is 2.69 bits per heavy atom. The Morgan fingerprint density at radius 1 is 1.07 bits per heavy atom. The Kier molecular flexibility index (Phi) is 3.55. The highest BCUT2D eigenvalue weighted by Gasteiger charge is 2.19. The molecule has 0 aliphatic rings. The molecular formula is C25H24N2OS. The van der Waals surface area contributed by atoms with Crippen LogP contribution < -0.4 is 0 Å². The zero-order valence-electron chi connectivity index (χ0n) is 19.3. The number of rotatable bonds is 2. The summed E-state index contributed by atoms with van der Waals surface area (Å²) in [7, 11) is 0. The number of hydrogen-bond donors (Lipinski definition) is 0. The Balaban J connectivity index is 1.72. The molecule has 146 valence electrons. The number of furan rings is 1. The van der Waals surface area contributed by atoms with Gasteiger partial charge in [-0.2, -0.15) is 0 Å². The minimum absolute atomic E-state index is 0.500. The van der Waals surface area contributed by atoms with Crippen molar-refractivity contribution < 1.29 is 7.16 Å². The minimum atomic E-state index is -1.43. The van der Waals surface area contributed by atoms with Crippen LogP contribution in [-0.2, 0) is 6.37 Å². The molecule has 0 aliphatic carbocycles. The second-order valence-electron chi connectivity index (χ2n) is 8.59. The molecule has 0 atom stereocenters. The predicted molar refractivity (Wildman–Crippen MR) is 123 cm³/mol. The number of hydrogen-bond acceptors (Lipinski definition) is 4. The van der Waals surface area contributed by atoms with Crippen LogP contribution in [-0.4, -0.2) is 9.97 Å². The molecule has 5 rings (SSSR count). The van der Waals surface area contributed by atoms with Gasteiger partial charge in [-0.1, -0.05) is 32.9 Å². The number of pyridine rings is 2. The average molecular weight is 403 g/mol. The molecule has 0 spiro atoms. The van der Waals surface area contributed by atoms with E-state index in [0.29, 0.717) is 5.71 Å². The van der Waals surface area contributed by atoms with Gasteiger partial charge in [-0.05, 0) is 60.9 Å². The number of para-hydroxylation sites is 1. The monoisotopic (exact) mass is 402 g/mol. The quantitative estimate of drug-likeness (QED) is 0.307. The van der Waals surface area contributed by atoms with Crippen LogP contribution in [0.1, 0.15) is 39.6 Å². The highest BCUT2D eigenvalue weighted by atomic mass is 32.1. The first-order valence-corrected chi connectivity index (χ1v) is 10.6. The van der Waals surface area contributed by atoms with Crippen molar-refractivity contribution >= 4 is 43.5 Å². The van der Waals surface area contributed by atoms with E-state index in [1.165, 1.54) is 11.3 Å². The average Bonchev–Trinajstić information content (AvgIpc) is 3.24. The maximum absolute atomic E-state index is 8.73. The van der Waals surface area contributed by atoms with E-state index in [0.717, 1.165) is 53.8 Å². The van der Waals surface area contributed by atoms with Crippen molar-refractivity contribution in [3.63, 3.8) is 0 Å². The Bertz CT molecular complexity index is 1470. The van der Waals surface area contributed by atoms with Crippen molar-refractivity contribution in [2.75, 3.05) is 0 Å². The summed E-state index contributed by atoms with van der Waals surface area (Å²) in [5.41, 5.74) is 4.55. The fraction of sp³-hybridized carbons (Fsp3) is 0.280. The number of thiophene rings is 1. The van der Waals surface area contributed by atoms with Crippen molar-refractivity contribution in [2.45, 2.75) is 41.0 Å². The third-order valence-electron chi connectivity index (χ3n) is 5.09. The lowest BCUT2D eigenvalue weighted by atomic mass is 9.90. The lowest BCUT2D eigenvalue weighted by Crippen LogP contribution is -2.08. The second kappa shape index (κ2) is 6.39. The minimum Gasteiger partial charge on any atom is -0.437 e. The fourth-order valence-corrected chi connectivity index (χ4v) is 4.97. The van der Waals surface area contributed by atoms with Gasteiger partial charge in [0.25, 0.3) is 0 Å². The van der Waals surface area contributed by atoms with E-state index < -0.39 is 11.8 Å². The molecule has 5 aromatic rings. The van der Waals surface area contributed by atoms with Gasteiger partial charge in [-0.15, -0.1) is 11.3 Å². The van der Waals surface area contributed by atoms with E-state index in [-0.39, 0.29) is 0 Å². The van der Waals surface area contributed by atoms with Gasteiger partial charge in [0.1, 0.15) is 5.58 Å². The van der Waals surface area contributed by atoms with Crippen LogP contribution in [0.2, 0.25) is 0 Å². The van der Waals surface area contributed by atoms with Gasteiger partial charge in [-0.25, -0.2) is 4.98 Å². The molecule has 0 unspecified atom stereocenters. The van der Waals surface area contributed by atoms with Crippen LogP contribution in [0.25, 0.3) is 43.4 Å². The van der Waals surface area contributed by atoms with Gasteiger partial charge >= 0.3 is 0 Å². The molecular weight excluding hydrogens is 376 g/mol. The third kappa shape index (κ3) is 3.12. The highest BCUT2D eigenvalue weighted by molar-refractivity contribution is 7.19. The van der Waals surface area contributed by atoms with Crippen LogP contribution in [0.4, 0.5) is 0 Å². The van der Waals surface area contributed by atoms with Gasteiger partial charge in [0, 0.05) is 35.8 Å². The summed E-state index contributed by atoms with van der Waals surface area (Å²) in [4.78, 5) is 10.0. The fourth-order valence-electron chi connectivity index (χ4n) is 3.71. The molecule has 29 heavy (non-hydrogen) atoms. The van der Waals surface area contributed by atoms with E-state index in [1.54, 1.807) is 0 Å². The smallest absolute Gasteiger partial charge is 0.227 e. The molecule has 0 radical (unpaired) electrons. The van der Waals surface area contributed by atoms with Crippen molar-refractivity contribution in [2.24, 2.45) is 5.41 Å². The zero-order chi connectivity index (χ0) is 22.1. The van der Waals surface area contributed by atoms with Crippen molar-refractivity contribution in [3.05, 3.63) is 58.7 Å². The topological polar surface area (TPSA) is 38.9 Å². The maximum atomic E-state index is 8.73. The van der Waals surface area contributed by atoms with Gasteiger partial charge in [0.15, 0.2) is 0 Å². The number of nitrogens with zero attached hydrogens (tertiary/aromatic N) is 2. The summed E-state index contributed by atoms with van der Waals surface area (Å²) >= 11 is 1.50. The van der Waals surface area contributed by atoms with E-state index in [2.05, 4.69) is 11.1 Å². The molecule has 0 saturated heterocycles. The Hall–Kier alpha value is -2.72. The molecule has 4 heteroatoms. The molecule has 0 amide bonds. The summed E-state index contributed by atoms with van der Waals surface area (Å²) < 4.78 is 24.6. The molecule has 4 heterocycles. The Morgan fingerprint density at radius 2 is 1.90 bits per heavy atom. The van der Waals surface area contributed by atoms with Crippen LogP contribution in [0.5, 0.6) is 0 Å². The third-order valence-corrected chi connectivity index (χ3v) is 6.25. The van der Waals surface area contributed by atoms with E-state index in [4.69, 9.17) is 12.1 Å². The second-order valence-corrected chi connectivity index (χ2v) is 9.64. The first-order valence-electron chi connectivity index (χ1n) is 10.8. The zero-order valence-corrected chi connectivity index (χ0v) is 18.1. The van der Waals surface area contributed by atoms with Crippen LogP contribution >= 0.6 is 11.3 Å². The van der Waals surface area contributed by atoms with Crippen LogP contribution in [0.3, 0.4) is 0 Å². The maximum Gasteiger partial charge on any atom is 0.227 e. The van der Waals surface area contributed by atoms with Crippen LogP contribution in [0, 0.1) is 19.3 Å². The predicted octanol–water partition coefficient (Wildman–Crippen LogP) is 7.46. The summed E-state index contributed by atoms with van der Waals surface area (Å²) in [6.45, 7) is 9.79. The van der Waals surface area contributed by atoms with Gasteiger partial charge < -0.3 is 4.42 Å². The first-order chi connectivity index (χ1) is 14.6. The molecule has 0 N–H and O–H groups in total. The molecule has 1 aromatic carbocycles. The molecule has 0 bridgehead atoms. The molecule has 4 aromatic heterocycles. The SMILES string of the molecule is [2H]C([2H])(c1sc2cnc(-c3cccc4c3oc3nc(C)ccc34)cc2c1C)C(C)(C)C. The Labute approximate surface area is 177 Å². The van der Waals surface area contributed by atoms with Gasteiger partial charge in [0.05, 0.1) is 10.4 Å². The summed E-state index contributed by atoms with van der Waals surface area (Å²) in [5, 5.41) is 3.06. The van der Waals surface area contributed by atoms with Gasteiger partial charge in [-0.3, -0.25) is 4.98 Å². The van der Waals surface area contributed by atoms with E-state index in [1.807, 2.05) is 71.1 Å². The number of fused-ring (bicyclic) bond motifs is 4. The molecule has 3 nitrogen and oxygen atoms in total. The van der Waals surface area contributed by atoms with Crippen molar-refractivity contribution in [3.8, 4) is 11.3 Å². The molecule has 0 aliphatic heterocycles. The largest absolute Gasteiger partial charge is 0.437 e. The number of benzene rings is 1. The van der Waals surface area contributed by atoms with Crippen molar-refractivity contribution in [1.82, 2.24) is 9.97 Å². The van der Waals surface area contributed by atoms with E-state index in [9.17, 15) is 0 Å². The van der Waals surface area contributed by atoms with Gasteiger partial charge in [0.2, 0.25) is 5.71 Å².